The van der Waals surface area contributed by atoms with Gasteiger partial charge in [0.15, 0.2) is 0 Å². The Kier molecular flexibility index (Phi) is 4.89. The zero-order valence-corrected chi connectivity index (χ0v) is 15.6. The number of likely N-dealkylation sites (tertiary alicyclic amines) is 1. The normalized spacial score (nSPS) is 22.6. The van der Waals surface area contributed by atoms with Gasteiger partial charge in [-0.25, -0.2) is 4.98 Å². The van der Waals surface area contributed by atoms with Crippen LogP contribution in [0.3, 0.4) is 0 Å². The Morgan fingerprint density at radius 1 is 1.04 bits per heavy atom. The fourth-order valence-corrected chi connectivity index (χ4v) is 4.64. The molecule has 4 rings (SSSR count). The van der Waals surface area contributed by atoms with Crippen LogP contribution in [0, 0.1) is 12.8 Å². The summed E-state index contributed by atoms with van der Waals surface area (Å²) in [4.78, 5) is 11.9. The average molecular weight is 338 g/mol. The quantitative estimate of drug-likeness (QED) is 0.845. The fourth-order valence-electron chi connectivity index (χ4n) is 4.64. The lowest BCUT2D eigenvalue weighted by atomic mass is 9.91. The second-order valence-corrected chi connectivity index (χ2v) is 7.95. The average Bonchev–Trinajstić information content (AvgIpc) is 3.28. The minimum Gasteiger partial charge on any atom is -0.330 e. The van der Waals surface area contributed by atoms with Crippen molar-refractivity contribution in [2.45, 2.75) is 57.9 Å². The highest BCUT2D eigenvalue weighted by Crippen LogP contribution is 2.29. The maximum atomic E-state index is 4.71. The van der Waals surface area contributed by atoms with Gasteiger partial charge in [0.1, 0.15) is 5.82 Å². The van der Waals surface area contributed by atoms with Gasteiger partial charge in [-0.2, -0.15) is 0 Å². The number of hydrogen-bond donors (Lipinski definition) is 0. The molecule has 2 aliphatic rings. The monoisotopic (exact) mass is 338 g/mol. The van der Waals surface area contributed by atoms with Crippen molar-refractivity contribution in [2.24, 2.45) is 13.0 Å². The Bertz CT molecular complexity index is 697. The summed E-state index contributed by atoms with van der Waals surface area (Å²) in [6.45, 7) is 4.63. The number of pyridine rings is 1. The third-order valence-corrected chi connectivity index (χ3v) is 6.22. The Morgan fingerprint density at radius 2 is 1.88 bits per heavy atom. The highest BCUT2D eigenvalue weighted by atomic mass is 15.2. The van der Waals surface area contributed by atoms with Crippen molar-refractivity contribution in [1.29, 1.82) is 0 Å². The number of nitrogens with zero attached hydrogens (tertiary/aromatic N) is 4. The standard InChI is InChI=1S/C21H30N4/c1-16-22-14-21(24(16)2)20-10-9-17(13-23-20)12-18-6-5-11-25(15-18)19-7-3-4-8-19/h9-10,13-14,18-19H,3-8,11-12,15H2,1-2H3/t18-/m1/s1. The van der Waals surface area contributed by atoms with Crippen molar-refractivity contribution in [1.82, 2.24) is 19.4 Å². The van der Waals surface area contributed by atoms with Gasteiger partial charge in [0.05, 0.1) is 17.6 Å². The van der Waals surface area contributed by atoms with E-state index in [2.05, 4.69) is 32.8 Å². The van der Waals surface area contributed by atoms with E-state index in [0.717, 1.165) is 29.2 Å². The Morgan fingerprint density at radius 3 is 2.56 bits per heavy atom. The summed E-state index contributed by atoms with van der Waals surface area (Å²) in [6.07, 6.45) is 13.6. The van der Waals surface area contributed by atoms with Gasteiger partial charge in [-0.3, -0.25) is 4.98 Å². The summed E-state index contributed by atoms with van der Waals surface area (Å²) >= 11 is 0. The van der Waals surface area contributed by atoms with Crippen molar-refractivity contribution in [3.05, 3.63) is 35.9 Å². The third kappa shape index (κ3) is 3.64. The molecule has 1 aliphatic carbocycles. The number of rotatable bonds is 4. The molecule has 2 aromatic heterocycles. The molecule has 1 aliphatic heterocycles. The molecule has 1 saturated carbocycles. The molecule has 4 heteroatoms. The maximum absolute atomic E-state index is 4.71. The van der Waals surface area contributed by atoms with Crippen LogP contribution in [0.4, 0.5) is 0 Å². The summed E-state index contributed by atoms with van der Waals surface area (Å²) in [6, 6.07) is 5.29. The van der Waals surface area contributed by atoms with Crippen molar-refractivity contribution in [3.63, 3.8) is 0 Å². The number of imidazole rings is 1. The first-order chi connectivity index (χ1) is 12.2. The molecule has 4 nitrogen and oxygen atoms in total. The van der Waals surface area contributed by atoms with Gasteiger partial charge in [-0.05, 0) is 63.1 Å². The first-order valence-corrected chi connectivity index (χ1v) is 9.88. The molecule has 0 radical (unpaired) electrons. The highest BCUT2D eigenvalue weighted by molar-refractivity contribution is 5.54. The maximum Gasteiger partial charge on any atom is 0.105 e. The molecule has 1 saturated heterocycles. The molecular weight excluding hydrogens is 308 g/mol. The van der Waals surface area contributed by atoms with E-state index in [1.165, 1.54) is 63.6 Å². The van der Waals surface area contributed by atoms with E-state index in [9.17, 15) is 0 Å². The van der Waals surface area contributed by atoms with E-state index in [0.29, 0.717) is 0 Å². The smallest absolute Gasteiger partial charge is 0.105 e. The van der Waals surface area contributed by atoms with Crippen LogP contribution in [0.1, 0.15) is 49.9 Å². The van der Waals surface area contributed by atoms with Crippen molar-refractivity contribution >= 4 is 0 Å². The van der Waals surface area contributed by atoms with Crippen molar-refractivity contribution < 1.29 is 0 Å². The molecule has 2 aromatic rings. The van der Waals surface area contributed by atoms with E-state index in [4.69, 9.17) is 4.98 Å². The van der Waals surface area contributed by atoms with Gasteiger partial charge in [0, 0.05) is 25.8 Å². The largest absolute Gasteiger partial charge is 0.330 e. The second kappa shape index (κ2) is 7.28. The SMILES string of the molecule is Cc1ncc(-c2ccc(C[C@H]3CCCN(C4CCCC4)C3)cn2)n1C. The molecule has 0 N–H and O–H groups in total. The lowest BCUT2D eigenvalue weighted by Gasteiger charge is -2.37. The van der Waals surface area contributed by atoms with Gasteiger partial charge < -0.3 is 9.47 Å². The van der Waals surface area contributed by atoms with Gasteiger partial charge in [-0.15, -0.1) is 0 Å². The number of aromatic nitrogens is 3. The van der Waals surface area contributed by atoms with Gasteiger partial charge >= 0.3 is 0 Å². The Balaban J connectivity index is 1.40. The predicted octanol–water partition coefficient (Wildman–Crippen LogP) is 3.99. The number of hydrogen-bond acceptors (Lipinski definition) is 3. The highest BCUT2D eigenvalue weighted by Gasteiger charge is 2.27. The molecule has 0 bridgehead atoms. The lowest BCUT2D eigenvalue weighted by Crippen LogP contribution is -2.42. The third-order valence-electron chi connectivity index (χ3n) is 6.22. The van der Waals surface area contributed by atoms with Crippen LogP contribution < -0.4 is 0 Å². The first kappa shape index (κ1) is 16.8. The van der Waals surface area contributed by atoms with Crippen molar-refractivity contribution in [2.75, 3.05) is 13.1 Å². The second-order valence-electron chi connectivity index (χ2n) is 7.95. The van der Waals surface area contributed by atoms with Crippen LogP contribution in [0.15, 0.2) is 24.5 Å². The fraction of sp³-hybridized carbons (Fsp3) is 0.619. The van der Waals surface area contributed by atoms with Crippen LogP contribution in [-0.4, -0.2) is 38.6 Å². The van der Waals surface area contributed by atoms with E-state index in [1.807, 2.05) is 20.2 Å². The minimum atomic E-state index is 0.793. The summed E-state index contributed by atoms with van der Waals surface area (Å²) < 4.78 is 2.10. The van der Waals surface area contributed by atoms with Gasteiger partial charge in [-0.1, -0.05) is 18.9 Å². The van der Waals surface area contributed by atoms with Crippen LogP contribution >= 0.6 is 0 Å². The summed E-state index contributed by atoms with van der Waals surface area (Å²) in [5.41, 5.74) is 3.48. The van der Waals surface area contributed by atoms with Crippen LogP contribution in [0.5, 0.6) is 0 Å². The summed E-state index contributed by atoms with van der Waals surface area (Å²) in [5.74, 6) is 1.82. The summed E-state index contributed by atoms with van der Waals surface area (Å²) in [7, 11) is 2.05. The number of aryl methyl sites for hydroxylation is 1. The molecule has 0 unspecified atom stereocenters. The van der Waals surface area contributed by atoms with Gasteiger partial charge in [0.25, 0.3) is 0 Å². The van der Waals surface area contributed by atoms with Crippen LogP contribution in [-0.2, 0) is 13.5 Å². The van der Waals surface area contributed by atoms with E-state index in [1.54, 1.807) is 0 Å². The van der Waals surface area contributed by atoms with Gasteiger partial charge in [0.2, 0.25) is 0 Å². The molecule has 0 aromatic carbocycles. The summed E-state index contributed by atoms with van der Waals surface area (Å²) in [5, 5.41) is 0. The van der Waals surface area contributed by atoms with Crippen LogP contribution in [0.25, 0.3) is 11.4 Å². The lowest BCUT2D eigenvalue weighted by molar-refractivity contribution is 0.125. The topological polar surface area (TPSA) is 34.0 Å². The molecule has 3 heterocycles. The molecule has 0 amide bonds. The molecule has 1 atom stereocenters. The predicted molar refractivity (Wildman–Crippen MR) is 101 cm³/mol. The van der Waals surface area contributed by atoms with E-state index >= 15 is 0 Å². The molecular formula is C21H30N4. The van der Waals surface area contributed by atoms with Crippen molar-refractivity contribution in [3.8, 4) is 11.4 Å². The first-order valence-electron chi connectivity index (χ1n) is 9.88. The molecule has 0 spiro atoms. The van der Waals surface area contributed by atoms with E-state index in [-0.39, 0.29) is 0 Å². The Labute approximate surface area is 151 Å². The van der Waals surface area contributed by atoms with E-state index < -0.39 is 0 Å². The molecule has 25 heavy (non-hydrogen) atoms. The Hall–Kier alpha value is -1.68. The zero-order chi connectivity index (χ0) is 17.2. The minimum absolute atomic E-state index is 0.793. The zero-order valence-electron chi connectivity index (χ0n) is 15.6. The molecule has 134 valence electrons. The molecule has 2 fully saturated rings. The van der Waals surface area contributed by atoms with Crippen LogP contribution in [0.2, 0.25) is 0 Å². The number of piperidine rings is 1.